The van der Waals surface area contributed by atoms with Crippen LogP contribution in [0.2, 0.25) is 10.0 Å². The third kappa shape index (κ3) is 4.26. The van der Waals surface area contributed by atoms with Gasteiger partial charge in [-0.2, -0.15) is 0 Å². The summed E-state index contributed by atoms with van der Waals surface area (Å²) in [5.74, 6) is 0.900. The van der Waals surface area contributed by atoms with E-state index in [2.05, 4.69) is 15.9 Å². The van der Waals surface area contributed by atoms with Gasteiger partial charge in [0.15, 0.2) is 0 Å². The maximum Gasteiger partial charge on any atom is 0.142 e. The zero-order valence-corrected chi connectivity index (χ0v) is 16.4. The summed E-state index contributed by atoms with van der Waals surface area (Å²) in [5.41, 5.74) is 2.22. The molecular weight excluding hydrogens is 371 g/mol. The molecule has 1 unspecified atom stereocenters. The van der Waals surface area contributed by atoms with E-state index in [1.54, 1.807) is 7.11 Å². The number of piperazine rings is 1. The number of anilines is 1. The molecule has 0 spiro atoms. The lowest BCUT2D eigenvalue weighted by Gasteiger charge is -2.40. The fourth-order valence-electron chi connectivity index (χ4n) is 3.57. The molecule has 2 aromatic carbocycles. The topological polar surface area (TPSA) is 35.9 Å². The van der Waals surface area contributed by atoms with Crippen molar-refractivity contribution in [1.29, 1.82) is 0 Å². The van der Waals surface area contributed by atoms with Crippen LogP contribution in [0.5, 0.6) is 5.75 Å². The van der Waals surface area contributed by atoms with Gasteiger partial charge in [-0.3, -0.25) is 4.90 Å². The van der Waals surface area contributed by atoms with Gasteiger partial charge < -0.3 is 14.7 Å². The van der Waals surface area contributed by atoms with Crippen molar-refractivity contribution in [3.05, 3.63) is 58.1 Å². The number of rotatable bonds is 6. The van der Waals surface area contributed by atoms with Gasteiger partial charge in [0.25, 0.3) is 0 Å². The summed E-state index contributed by atoms with van der Waals surface area (Å²) in [7, 11) is 1.70. The van der Waals surface area contributed by atoms with Crippen LogP contribution in [0.3, 0.4) is 0 Å². The van der Waals surface area contributed by atoms with Crippen LogP contribution in [-0.2, 0) is 0 Å². The highest BCUT2D eigenvalue weighted by atomic mass is 35.5. The Bertz CT molecular complexity index is 734. The molecule has 0 aliphatic carbocycles. The number of benzene rings is 2. The molecule has 0 aromatic heterocycles. The normalized spacial score (nSPS) is 16.5. The second-order valence-electron chi connectivity index (χ2n) is 6.40. The van der Waals surface area contributed by atoms with Crippen molar-refractivity contribution in [2.24, 2.45) is 0 Å². The Morgan fingerprint density at radius 2 is 1.77 bits per heavy atom. The number of ether oxygens (including phenoxy) is 1. The zero-order chi connectivity index (χ0) is 18.5. The number of aliphatic hydroxyl groups is 1. The summed E-state index contributed by atoms with van der Waals surface area (Å²) in [6, 6.07) is 14.0. The van der Waals surface area contributed by atoms with Crippen molar-refractivity contribution >= 4 is 28.9 Å². The number of hydrogen-bond donors (Lipinski definition) is 1. The van der Waals surface area contributed by atoms with Gasteiger partial charge in [-0.1, -0.05) is 41.4 Å². The van der Waals surface area contributed by atoms with Crippen molar-refractivity contribution < 1.29 is 9.84 Å². The van der Waals surface area contributed by atoms with E-state index in [9.17, 15) is 5.11 Å². The summed E-state index contributed by atoms with van der Waals surface area (Å²) in [6.07, 6.45) is 0.673. The van der Waals surface area contributed by atoms with E-state index in [0.29, 0.717) is 16.5 Å². The third-order valence-corrected chi connectivity index (χ3v) is 5.65. The van der Waals surface area contributed by atoms with E-state index >= 15 is 0 Å². The van der Waals surface area contributed by atoms with Gasteiger partial charge in [-0.05, 0) is 36.2 Å². The lowest BCUT2D eigenvalue weighted by molar-refractivity contribution is 0.149. The first-order valence-electron chi connectivity index (χ1n) is 8.82. The Morgan fingerprint density at radius 3 is 2.42 bits per heavy atom. The SMILES string of the molecule is COc1ccccc1N1CCN(C(CCO)c2ccc(Cl)c(Cl)c2)CC1. The first kappa shape index (κ1) is 19.3. The lowest BCUT2D eigenvalue weighted by atomic mass is 10.0. The molecule has 1 N–H and O–H groups in total. The molecule has 0 bridgehead atoms. The molecule has 140 valence electrons. The summed E-state index contributed by atoms with van der Waals surface area (Å²) in [6.45, 7) is 3.76. The van der Waals surface area contributed by atoms with E-state index in [4.69, 9.17) is 27.9 Å². The number of aliphatic hydroxyl groups excluding tert-OH is 1. The molecule has 1 saturated heterocycles. The Morgan fingerprint density at radius 1 is 1.04 bits per heavy atom. The molecule has 0 saturated carbocycles. The van der Waals surface area contributed by atoms with Crippen LogP contribution >= 0.6 is 23.2 Å². The summed E-state index contributed by atoms with van der Waals surface area (Å²) >= 11 is 12.2. The lowest BCUT2D eigenvalue weighted by Crippen LogP contribution is -2.48. The fraction of sp³-hybridized carbons (Fsp3) is 0.400. The second-order valence-corrected chi connectivity index (χ2v) is 7.21. The van der Waals surface area contributed by atoms with E-state index in [1.807, 2.05) is 36.4 Å². The van der Waals surface area contributed by atoms with Gasteiger partial charge in [0.1, 0.15) is 5.75 Å². The molecule has 1 heterocycles. The number of nitrogens with zero attached hydrogens (tertiary/aromatic N) is 2. The van der Waals surface area contributed by atoms with Gasteiger partial charge in [0, 0.05) is 38.8 Å². The minimum atomic E-state index is 0.134. The van der Waals surface area contributed by atoms with Gasteiger partial charge in [-0.25, -0.2) is 0 Å². The molecule has 0 radical (unpaired) electrons. The van der Waals surface area contributed by atoms with E-state index in [0.717, 1.165) is 43.2 Å². The van der Waals surface area contributed by atoms with Crippen molar-refractivity contribution in [2.75, 3.05) is 44.8 Å². The van der Waals surface area contributed by atoms with E-state index in [-0.39, 0.29) is 12.6 Å². The van der Waals surface area contributed by atoms with Crippen molar-refractivity contribution in [3.8, 4) is 5.75 Å². The van der Waals surface area contributed by atoms with Gasteiger partial charge in [-0.15, -0.1) is 0 Å². The van der Waals surface area contributed by atoms with Crippen LogP contribution in [0, 0.1) is 0 Å². The minimum absolute atomic E-state index is 0.134. The molecule has 2 aromatic rings. The smallest absolute Gasteiger partial charge is 0.142 e. The van der Waals surface area contributed by atoms with Crippen molar-refractivity contribution in [3.63, 3.8) is 0 Å². The van der Waals surface area contributed by atoms with E-state index < -0.39 is 0 Å². The van der Waals surface area contributed by atoms with Crippen molar-refractivity contribution in [1.82, 2.24) is 4.90 Å². The van der Waals surface area contributed by atoms with Crippen molar-refractivity contribution in [2.45, 2.75) is 12.5 Å². The average molecular weight is 395 g/mol. The number of methoxy groups -OCH3 is 1. The number of halogens is 2. The molecule has 1 fully saturated rings. The summed E-state index contributed by atoms with van der Waals surface area (Å²) in [4.78, 5) is 4.75. The maximum absolute atomic E-state index is 9.54. The van der Waals surface area contributed by atoms with Crippen LogP contribution < -0.4 is 9.64 Å². The second kappa shape index (κ2) is 8.96. The first-order chi connectivity index (χ1) is 12.6. The minimum Gasteiger partial charge on any atom is -0.495 e. The van der Waals surface area contributed by atoms with Gasteiger partial charge in [0.2, 0.25) is 0 Å². The Balaban J connectivity index is 1.72. The zero-order valence-electron chi connectivity index (χ0n) is 14.9. The molecule has 3 rings (SSSR count). The first-order valence-corrected chi connectivity index (χ1v) is 9.57. The maximum atomic E-state index is 9.54. The quantitative estimate of drug-likeness (QED) is 0.794. The summed E-state index contributed by atoms with van der Waals surface area (Å²) in [5, 5.41) is 10.6. The number of hydrogen-bond acceptors (Lipinski definition) is 4. The Kier molecular flexibility index (Phi) is 6.65. The highest BCUT2D eigenvalue weighted by molar-refractivity contribution is 6.42. The standard InChI is InChI=1S/C20H24Cl2N2O2/c1-26-20-5-3-2-4-19(20)24-11-9-23(10-12-24)18(8-13-25)15-6-7-16(21)17(22)14-15/h2-7,14,18,25H,8-13H2,1H3. The predicted molar refractivity (Wildman–Crippen MR) is 108 cm³/mol. The van der Waals surface area contributed by atoms with Crippen LogP contribution in [0.1, 0.15) is 18.0 Å². The Labute approximate surface area is 164 Å². The van der Waals surface area contributed by atoms with Crippen LogP contribution in [0.25, 0.3) is 0 Å². The fourth-order valence-corrected chi connectivity index (χ4v) is 3.87. The molecule has 0 amide bonds. The molecule has 1 aliphatic heterocycles. The van der Waals surface area contributed by atoms with Crippen LogP contribution in [-0.4, -0.2) is 49.9 Å². The summed E-state index contributed by atoms with van der Waals surface area (Å²) < 4.78 is 5.49. The molecular formula is C20H24Cl2N2O2. The van der Waals surface area contributed by atoms with Crippen LogP contribution in [0.15, 0.2) is 42.5 Å². The van der Waals surface area contributed by atoms with Gasteiger partial charge in [0.05, 0.1) is 22.8 Å². The highest BCUT2D eigenvalue weighted by Crippen LogP contribution is 2.33. The van der Waals surface area contributed by atoms with Gasteiger partial charge >= 0.3 is 0 Å². The molecule has 6 heteroatoms. The molecule has 1 atom stereocenters. The molecule has 26 heavy (non-hydrogen) atoms. The predicted octanol–water partition coefficient (Wildman–Crippen LogP) is 4.25. The third-order valence-electron chi connectivity index (χ3n) is 4.91. The highest BCUT2D eigenvalue weighted by Gasteiger charge is 2.26. The van der Waals surface area contributed by atoms with Crippen LogP contribution in [0.4, 0.5) is 5.69 Å². The molecule has 1 aliphatic rings. The molecule has 4 nitrogen and oxygen atoms in total. The largest absolute Gasteiger partial charge is 0.495 e. The average Bonchev–Trinajstić information content (AvgIpc) is 2.68. The monoisotopic (exact) mass is 394 g/mol. The van der Waals surface area contributed by atoms with E-state index in [1.165, 1.54) is 0 Å². The number of para-hydroxylation sites is 2. The Hall–Kier alpha value is -1.46.